The molecule has 1 atom stereocenters. The van der Waals surface area contributed by atoms with Crippen molar-refractivity contribution in [1.29, 1.82) is 0 Å². The molecule has 1 amide bonds. The van der Waals surface area contributed by atoms with Crippen molar-refractivity contribution in [3.05, 3.63) is 0 Å². The second-order valence-electron chi connectivity index (χ2n) is 6.11. The van der Waals surface area contributed by atoms with Crippen molar-refractivity contribution in [2.75, 3.05) is 26.3 Å². The minimum Gasteiger partial charge on any atom is -0.381 e. The van der Waals surface area contributed by atoms with Crippen LogP contribution in [0.1, 0.15) is 39.0 Å². The molecule has 104 valence electrons. The van der Waals surface area contributed by atoms with Gasteiger partial charge in [0.2, 0.25) is 5.91 Å². The standard InChI is InChI=1S/C14H26N2O2/c1-11-2-5-14(10-15,6-3-11)13(17)16-8-12-4-7-18-9-12/h11-12H,2-10,15H2,1H3,(H,16,17). The molecule has 0 bridgehead atoms. The Labute approximate surface area is 110 Å². The van der Waals surface area contributed by atoms with E-state index in [1.807, 2.05) is 0 Å². The summed E-state index contributed by atoms with van der Waals surface area (Å²) in [7, 11) is 0. The summed E-state index contributed by atoms with van der Waals surface area (Å²) in [5, 5.41) is 3.10. The van der Waals surface area contributed by atoms with E-state index in [4.69, 9.17) is 10.5 Å². The number of carbonyl (C=O) groups is 1. The van der Waals surface area contributed by atoms with E-state index in [1.54, 1.807) is 0 Å². The normalized spacial score (nSPS) is 36.6. The maximum Gasteiger partial charge on any atom is 0.227 e. The van der Waals surface area contributed by atoms with Gasteiger partial charge in [0.15, 0.2) is 0 Å². The van der Waals surface area contributed by atoms with E-state index in [1.165, 1.54) is 0 Å². The summed E-state index contributed by atoms with van der Waals surface area (Å²) in [5.41, 5.74) is 5.58. The molecule has 0 aromatic heterocycles. The Kier molecular flexibility index (Phi) is 4.62. The molecule has 4 heteroatoms. The number of ether oxygens (including phenoxy) is 1. The molecule has 0 aromatic rings. The SMILES string of the molecule is CC1CCC(CN)(C(=O)NCC2CCOC2)CC1. The summed E-state index contributed by atoms with van der Waals surface area (Å²) in [4.78, 5) is 12.4. The maximum absolute atomic E-state index is 12.4. The molecule has 2 aliphatic rings. The summed E-state index contributed by atoms with van der Waals surface area (Å²) in [6, 6.07) is 0. The smallest absolute Gasteiger partial charge is 0.227 e. The van der Waals surface area contributed by atoms with Crippen LogP contribution in [-0.4, -0.2) is 32.2 Å². The molecule has 1 saturated heterocycles. The average Bonchev–Trinajstić information content (AvgIpc) is 2.90. The van der Waals surface area contributed by atoms with E-state index in [2.05, 4.69) is 12.2 Å². The predicted molar refractivity (Wildman–Crippen MR) is 71.1 cm³/mol. The Morgan fingerprint density at radius 1 is 1.39 bits per heavy atom. The van der Waals surface area contributed by atoms with Gasteiger partial charge in [0.05, 0.1) is 12.0 Å². The zero-order valence-electron chi connectivity index (χ0n) is 11.4. The monoisotopic (exact) mass is 254 g/mol. The number of rotatable bonds is 4. The van der Waals surface area contributed by atoms with Crippen molar-refractivity contribution in [3.63, 3.8) is 0 Å². The first-order chi connectivity index (χ1) is 8.66. The highest BCUT2D eigenvalue weighted by molar-refractivity contribution is 5.83. The first kappa shape index (κ1) is 13.8. The Balaban J connectivity index is 1.84. The van der Waals surface area contributed by atoms with Crippen molar-refractivity contribution in [2.24, 2.45) is 23.0 Å². The van der Waals surface area contributed by atoms with Crippen LogP contribution in [0, 0.1) is 17.3 Å². The lowest BCUT2D eigenvalue weighted by atomic mass is 9.70. The van der Waals surface area contributed by atoms with Gasteiger partial charge in [-0.15, -0.1) is 0 Å². The lowest BCUT2D eigenvalue weighted by molar-refractivity contribution is -0.133. The minimum atomic E-state index is -0.300. The zero-order chi connectivity index (χ0) is 13.0. The van der Waals surface area contributed by atoms with Crippen LogP contribution in [0.15, 0.2) is 0 Å². The van der Waals surface area contributed by atoms with Gasteiger partial charge in [-0.3, -0.25) is 4.79 Å². The number of nitrogens with two attached hydrogens (primary N) is 1. The summed E-state index contributed by atoms with van der Waals surface area (Å²) < 4.78 is 5.32. The molecule has 1 unspecified atom stereocenters. The molecular formula is C14H26N2O2. The highest BCUT2D eigenvalue weighted by Gasteiger charge is 2.39. The fraction of sp³-hybridized carbons (Fsp3) is 0.929. The number of hydrogen-bond acceptors (Lipinski definition) is 3. The largest absolute Gasteiger partial charge is 0.381 e. The maximum atomic E-state index is 12.4. The molecule has 0 spiro atoms. The highest BCUT2D eigenvalue weighted by Crippen LogP contribution is 2.38. The summed E-state index contributed by atoms with van der Waals surface area (Å²) >= 11 is 0. The summed E-state index contributed by atoms with van der Waals surface area (Å²) in [5.74, 6) is 1.40. The van der Waals surface area contributed by atoms with E-state index in [9.17, 15) is 4.79 Å². The van der Waals surface area contributed by atoms with Crippen LogP contribution in [0.25, 0.3) is 0 Å². The Morgan fingerprint density at radius 2 is 2.11 bits per heavy atom. The van der Waals surface area contributed by atoms with Gasteiger partial charge in [-0.25, -0.2) is 0 Å². The molecule has 18 heavy (non-hydrogen) atoms. The van der Waals surface area contributed by atoms with Crippen LogP contribution >= 0.6 is 0 Å². The first-order valence-electron chi connectivity index (χ1n) is 7.22. The van der Waals surface area contributed by atoms with Crippen molar-refractivity contribution in [1.82, 2.24) is 5.32 Å². The van der Waals surface area contributed by atoms with E-state index >= 15 is 0 Å². The van der Waals surface area contributed by atoms with Gasteiger partial charge < -0.3 is 15.8 Å². The third-order valence-corrected chi connectivity index (χ3v) is 4.68. The van der Waals surface area contributed by atoms with Gasteiger partial charge >= 0.3 is 0 Å². The number of amides is 1. The summed E-state index contributed by atoms with van der Waals surface area (Å²) in [6.45, 7) is 5.10. The molecule has 2 fully saturated rings. The Hall–Kier alpha value is -0.610. The number of nitrogens with one attached hydrogen (secondary N) is 1. The van der Waals surface area contributed by atoms with Crippen LogP contribution in [0.3, 0.4) is 0 Å². The second kappa shape index (κ2) is 6.02. The van der Waals surface area contributed by atoms with E-state index < -0.39 is 0 Å². The fourth-order valence-electron chi connectivity index (χ4n) is 3.01. The molecule has 1 aliphatic carbocycles. The minimum absolute atomic E-state index is 0.170. The topological polar surface area (TPSA) is 64.4 Å². The van der Waals surface area contributed by atoms with Crippen molar-refractivity contribution < 1.29 is 9.53 Å². The molecule has 1 saturated carbocycles. The molecule has 2 rings (SSSR count). The van der Waals surface area contributed by atoms with E-state index in [0.29, 0.717) is 12.5 Å². The number of hydrogen-bond donors (Lipinski definition) is 2. The van der Waals surface area contributed by atoms with Crippen LogP contribution in [0.4, 0.5) is 0 Å². The first-order valence-corrected chi connectivity index (χ1v) is 7.22. The third kappa shape index (κ3) is 3.04. The van der Waals surface area contributed by atoms with E-state index in [0.717, 1.165) is 57.8 Å². The van der Waals surface area contributed by atoms with Crippen LogP contribution in [0.5, 0.6) is 0 Å². The van der Waals surface area contributed by atoms with Crippen LogP contribution < -0.4 is 11.1 Å². The quantitative estimate of drug-likeness (QED) is 0.794. The van der Waals surface area contributed by atoms with Gasteiger partial charge in [0.1, 0.15) is 0 Å². The highest BCUT2D eigenvalue weighted by atomic mass is 16.5. The average molecular weight is 254 g/mol. The van der Waals surface area contributed by atoms with Gasteiger partial charge in [-0.2, -0.15) is 0 Å². The second-order valence-corrected chi connectivity index (χ2v) is 6.11. The lowest BCUT2D eigenvalue weighted by Crippen LogP contribution is -2.49. The van der Waals surface area contributed by atoms with Crippen molar-refractivity contribution in [3.8, 4) is 0 Å². The molecule has 4 nitrogen and oxygen atoms in total. The lowest BCUT2D eigenvalue weighted by Gasteiger charge is -2.37. The van der Waals surface area contributed by atoms with Gasteiger partial charge in [-0.05, 0) is 38.0 Å². The molecule has 0 aromatic carbocycles. The molecule has 0 radical (unpaired) electrons. The van der Waals surface area contributed by atoms with Crippen LogP contribution in [-0.2, 0) is 9.53 Å². The summed E-state index contributed by atoms with van der Waals surface area (Å²) in [6.07, 6.45) is 5.19. The zero-order valence-corrected chi connectivity index (χ0v) is 11.4. The molecule has 1 heterocycles. The van der Waals surface area contributed by atoms with Gasteiger partial charge in [0, 0.05) is 25.6 Å². The van der Waals surface area contributed by atoms with Gasteiger partial charge in [-0.1, -0.05) is 6.92 Å². The predicted octanol–water partition coefficient (Wildman–Crippen LogP) is 1.29. The van der Waals surface area contributed by atoms with Crippen LogP contribution in [0.2, 0.25) is 0 Å². The fourth-order valence-corrected chi connectivity index (χ4v) is 3.01. The molecule has 1 aliphatic heterocycles. The van der Waals surface area contributed by atoms with Crippen molar-refractivity contribution >= 4 is 5.91 Å². The van der Waals surface area contributed by atoms with Gasteiger partial charge in [0.25, 0.3) is 0 Å². The number of carbonyl (C=O) groups excluding carboxylic acids is 1. The molecule has 3 N–H and O–H groups in total. The Bertz CT molecular complexity index is 280. The molecular weight excluding hydrogens is 228 g/mol. The Morgan fingerprint density at radius 3 is 2.67 bits per heavy atom. The van der Waals surface area contributed by atoms with Crippen molar-refractivity contribution in [2.45, 2.75) is 39.0 Å². The van der Waals surface area contributed by atoms with E-state index in [-0.39, 0.29) is 11.3 Å². The third-order valence-electron chi connectivity index (χ3n) is 4.68.